The highest BCUT2D eigenvalue weighted by atomic mass is 16.2. The molecule has 0 fully saturated rings. The SMILES string of the molecule is O=C(Cn1c2ccccc2c(=O)c2ccccc21)NCc1ccc(-n2ccnc2)nc1. The molecule has 0 aliphatic heterocycles. The molecule has 1 amide bonds. The number of carbonyl (C=O) groups is 1. The van der Waals surface area contributed by atoms with Crippen LogP contribution in [0.4, 0.5) is 0 Å². The van der Waals surface area contributed by atoms with E-state index in [-0.39, 0.29) is 17.9 Å². The van der Waals surface area contributed by atoms with Crippen LogP contribution in [0.5, 0.6) is 0 Å². The summed E-state index contributed by atoms with van der Waals surface area (Å²) in [6, 6.07) is 18.6. The first kappa shape index (κ1) is 18.7. The number of benzene rings is 2. The number of pyridine rings is 2. The van der Waals surface area contributed by atoms with E-state index in [1.165, 1.54) is 0 Å². The number of imidazole rings is 1. The highest BCUT2D eigenvalue weighted by Gasteiger charge is 2.12. The maximum absolute atomic E-state index is 12.8. The molecule has 0 spiro atoms. The van der Waals surface area contributed by atoms with Gasteiger partial charge < -0.3 is 9.88 Å². The fourth-order valence-electron chi connectivity index (χ4n) is 3.72. The van der Waals surface area contributed by atoms with Crippen molar-refractivity contribution < 1.29 is 4.79 Å². The number of rotatable bonds is 5. The van der Waals surface area contributed by atoms with Crippen LogP contribution in [-0.4, -0.2) is 25.0 Å². The molecule has 0 saturated carbocycles. The smallest absolute Gasteiger partial charge is 0.240 e. The average Bonchev–Trinajstić information content (AvgIpc) is 3.36. The Hall–Kier alpha value is -4.26. The van der Waals surface area contributed by atoms with E-state index in [0.29, 0.717) is 17.3 Å². The van der Waals surface area contributed by atoms with Gasteiger partial charge in [-0.25, -0.2) is 9.97 Å². The van der Waals surface area contributed by atoms with Crippen LogP contribution in [0.3, 0.4) is 0 Å². The second-order valence-corrected chi connectivity index (χ2v) is 7.22. The zero-order valence-electron chi connectivity index (χ0n) is 16.6. The third-order valence-electron chi connectivity index (χ3n) is 5.25. The first-order valence-corrected chi connectivity index (χ1v) is 9.91. The summed E-state index contributed by atoms with van der Waals surface area (Å²) < 4.78 is 3.71. The van der Waals surface area contributed by atoms with Crippen LogP contribution < -0.4 is 10.7 Å². The molecule has 0 atom stereocenters. The lowest BCUT2D eigenvalue weighted by Crippen LogP contribution is -2.28. The van der Waals surface area contributed by atoms with E-state index in [2.05, 4.69) is 15.3 Å². The molecule has 0 unspecified atom stereocenters. The van der Waals surface area contributed by atoms with E-state index in [4.69, 9.17) is 0 Å². The number of carbonyl (C=O) groups excluding carboxylic acids is 1. The minimum absolute atomic E-state index is 0.0214. The Morgan fingerprint density at radius 2 is 1.65 bits per heavy atom. The molecule has 3 aromatic heterocycles. The number of hydrogen-bond acceptors (Lipinski definition) is 4. The van der Waals surface area contributed by atoms with E-state index in [1.54, 1.807) is 30.9 Å². The van der Waals surface area contributed by atoms with Gasteiger partial charge in [0.05, 0.1) is 11.0 Å². The number of amides is 1. The minimum Gasteiger partial charge on any atom is -0.350 e. The third kappa shape index (κ3) is 3.57. The molecule has 2 aromatic carbocycles. The highest BCUT2D eigenvalue weighted by molar-refractivity contribution is 5.94. The van der Waals surface area contributed by atoms with E-state index in [0.717, 1.165) is 22.4 Å². The molecule has 0 bridgehead atoms. The van der Waals surface area contributed by atoms with Crippen LogP contribution >= 0.6 is 0 Å². The fourth-order valence-corrected chi connectivity index (χ4v) is 3.72. The van der Waals surface area contributed by atoms with Gasteiger partial charge in [0, 0.05) is 35.9 Å². The van der Waals surface area contributed by atoms with Crippen LogP contribution in [0, 0.1) is 0 Å². The standard InChI is InChI=1S/C24H19N5O2/c30-23(27-14-17-9-10-22(26-13-17)28-12-11-25-16-28)15-29-20-7-3-1-5-18(20)24(31)19-6-2-4-8-21(19)29/h1-13,16H,14-15H2,(H,27,30). The number of nitrogens with zero attached hydrogens (tertiary/aromatic N) is 4. The number of fused-ring (bicyclic) bond motifs is 2. The van der Waals surface area contributed by atoms with Gasteiger partial charge in [-0.2, -0.15) is 0 Å². The summed E-state index contributed by atoms with van der Waals surface area (Å²) in [5.41, 5.74) is 2.36. The molecule has 0 aliphatic carbocycles. The third-order valence-corrected chi connectivity index (χ3v) is 5.25. The van der Waals surface area contributed by atoms with Crippen molar-refractivity contribution in [1.82, 2.24) is 24.4 Å². The lowest BCUT2D eigenvalue weighted by Gasteiger charge is -2.15. The number of nitrogens with one attached hydrogen (secondary N) is 1. The molecule has 5 rings (SSSR count). The van der Waals surface area contributed by atoms with Crippen LogP contribution in [0.2, 0.25) is 0 Å². The Kier molecular flexibility index (Phi) is 4.76. The summed E-state index contributed by atoms with van der Waals surface area (Å²) in [7, 11) is 0. The Morgan fingerprint density at radius 1 is 0.935 bits per heavy atom. The van der Waals surface area contributed by atoms with Gasteiger partial charge in [0.25, 0.3) is 0 Å². The van der Waals surface area contributed by atoms with Crippen LogP contribution in [0.1, 0.15) is 5.56 Å². The second kappa shape index (κ2) is 7.87. The summed E-state index contributed by atoms with van der Waals surface area (Å²) in [4.78, 5) is 34.0. The van der Waals surface area contributed by atoms with Crippen molar-refractivity contribution in [1.29, 1.82) is 0 Å². The fraction of sp³-hybridized carbons (Fsp3) is 0.0833. The van der Waals surface area contributed by atoms with Gasteiger partial charge in [-0.3, -0.25) is 14.2 Å². The summed E-state index contributed by atoms with van der Waals surface area (Å²) in [5.74, 6) is 0.622. The van der Waals surface area contributed by atoms with Gasteiger partial charge in [-0.15, -0.1) is 0 Å². The van der Waals surface area contributed by atoms with Crippen molar-refractivity contribution in [3.8, 4) is 5.82 Å². The molecule has 5 aromatic rings. The van der Waals surface area contributed by atoms with Gasteiger partial charge in [0.1, 0.15) is 18.7 Å². The van der Waals surface area contributed by atoms with Crippen molar-refractivity contribution in [2.75, 3.05) is 0 Å². The lowest BCUT2D eigenvalue weighted by atomic mass is 10.1. The lowest BCUT2D eigenvalue weighted by molar-refractivity contribution is -0.121. The maximum atomic E-state index is 12.8. The molecule has 7 nitrogen and oxygen atoms in total. The Balaban J connectivity index is 1.38. The Morgan fingerprint density at radius 3 is 2.26 bits per heavy atom. The molecule has 0 aliphatic rings. The van der Waals surface area contributed by atoms with Gasteiger partial charge in [0.15, 0.2) is 5.43 Å². The predicted octanol–water partition coefficient (Wildman–Crippen LogP) is 3.05. The van der Waals surface area contributed by atoms with Gasteiger partial charge >= 0.3 is 0 Å². The van der Waals surface area contributed by atoms with Crippen molar-refractivity contribution in [2.24, 2.45) is 0 Å². The van der Waals surface area contributed by atoms with Crippen LogP contribution in [0.15, 0.2) is 90.4 Å². The van der Waals surface area contributed by atoms with Crippen LogP contribution in [-0.2, 0) is 17.9 Å². The summed E-state index contributed by atoms with van der Waals surface area (Å²) in [6.07, 6.45) is 6.94. The normalized spacial score (nSPS) is 11.1. The molecule has 7 heteroatoms. The van der Waals surface area contributed by atoms with Crippen LogP contribution in [0.25, 0.3) is 27.6 Å². The molecular formula is C24H19N5O2. The van der Waals surface area contributed by atoms with Crippen molar-refractivity contribution in [3.05, 3.63) is 101 Å². The number of aromatic nitrogens is 4. The topological polar surface area (TPSA) is 81.8 Å². The number of hydrogen-bond donors (Lipinski definition) is 1. The van der Waals surface area contributed by atoms with Crippen molar-refractivity contribution >= 4 is 27.7 Å². The Labute approximate surface area is 177 Å². The predicted molar refractivity (Wildman–Crippen MR) is 119 cm³/mol. The van der Waals surface area contributed by atoms with E-state index in [1.807, 2.05) is 63.9 Å². The van der Waals surface area contributed by atoms with Gasteiger partial charge in [0.2, 0.25) is 5.91 Å². The first-order chi connectivity index (χ1) is 15.2. The van der Waals surface area contributed by atoms with Crippen molar-refractivity contribution in [2.45, 2.75) is 13.1 Å². The largest absolute Gasteiger partial charge is 0.350 e. The summed E-state index contributed by atoms with van der Waals surface area (Å²) >= 11 is 0. The molecule has 0 radical (unpaired) electrons. The summed E-state index contributed by atoms with van der Waals surface area (Å²) in [6.45, 7) is 0.480. The summed E-state index contributed by atoms with van der Waals surface area (Å²) in [5, 5.41) is 4.16. The quantitative estimate of drug-likeness (QED) is 0.453. The maximum Gasteiger partial charge on any atom is 0.240 e. The molecule has 0 saturated heterocycles. The first-order valence-electron chi connectivity index (χ1n) is 9.91. The minimum atomic E-state index is -0.141. The molecule has 1 N–H and O–H groups in total. The molecular weight excluding hydrogens is 390 g/mol. The highest BCUT2D eigenvalue weighted by Crippen LogP contribution is 2.19. The zero-order chi connectivity index (χ0) is 21.2. The van der Waals surface area contributed by atoms with E-state index in [9.17, 15) is 9.59 Å². The average molecular weight is 409 g/mol. The second-order valence-electron chi connectivity index (χ2n) is 7.22. The zero-order valence-corrected chi connectivity index (χ0v) is 16.6. The van der Waals surface area contributed by atoms with E-state index >= 15 is 0 Å². The molecule has 152 valence electrons. The van der Waals surface area contributed by atoms with Gasteiger partial charge in [-0.05, 0) is 35.9 Å². The number of para-hydroxylation sites is 2. The molecule has 3 heterocycles. The van der Waals surface area contributed by atoms with E-state index < -0.39 is 0 Å². The monoisotopic (exact) mass is 409 g/mol. The molecule has 31 heavy (non-hydrogen) atoms. The Bertz CT molecular complexity index is 1380. The van der Waals surface area contributed by atoms with Gasteiger partial charge in [-0.1, -0.05) is 30.3 Å². The van der Waals surface area contributed by atoms with Crippen molar-refractivity contribution in [3.63, 3.8) is 0 Å².